The van der Waals surface area contributed by atoms with E-state index < -0.39 is 12.1 Å². The Kier molecular flexibility index (Phi) is 4.39. The minimum Gasteiger partial charge on any atom is -0.448 e. The SMILES string of the molecule is CC(C)NC(=O)[C@H](C)OC(=O)c1cc2ccccc2s1. The monoisotopic (exact) mass is 291 g/mol. The second kappa shape index (κ2) is 6.05. The molecule has 1 N–H and O–H groups in total. The molecule has 4 nitrogen and oxygen atoms in total. The van der Waals surface area contributed by atoms with Gasteiger partial charge in [-0.05, 0) is 38.3 Å². The second-order valence-electron chi connectivity index (χ2n) is 4.86. The van der Waals surface area contributed by atoms with Crippen molar-refractivity contribution in [3.8, 4) is 0 Å². The smallest absolute Gasteiger partial charge is 0.349 e. The van der Waals surface area contributed by atoms with Crippen LogP contribution in [0.2, 0.25) is 0 Å². The lowest BCUT2D eigenvalue weighted by Gasteiger charge is -2.14. The topological polar surface area (TPSA) is 55.4 Å². The molecule has 2 aromatic rings. The van der Waals surface area contributed by atoms with Crippen molar-refractivity contribution in [2.75, 3.05) is 0 Å². The van der Waals surface area contributed by atoms with Crippen LogP contribution >= 0.6 is 11.3 Å². The predicted octanol–water partition coefficient (Wildman–Crippen LogP) is 2.97. The van der Waals surface area contributed by atoms with Gasteiger partial charge in [0.2, 0.25) is 0 Å². The fourth-order valence-electron chi connectivity index (χ4n) is 1.76. The first-order chi connectivity index (χ1) is 9.47. The molecule has 2 rings (SSSR count). The molecule has 106 valence electrons. The number of rotatable bonds is 4. The first-order valence-corrected chi connectivity index (χ1v) is 7.29. The van der Waals surface area contributed by atoms with E-state index in [4.69, 9.17) is 4.74 Å². The molecule has 1 aromatic heterocycles. The van der Waals surface area contributed by atoms with E-state index in [1.165, 1.54) is 11.3 Å². The van der Waals surface area contributed by atoms with Crippen molar-refractivity contribution >= 4 is 33.3 Å². The Bertz CT molecular complexity index is 600. The van der Waals surface area contributed by atoms with Gasteiger partial charge in [-0.2, -0.15) is 0 Å². The number of hydrogen-bond donors (Lipinski definition) is 1. The maximum atomic E-state index is 12.0. The van der Waals surface area contributed by atoms with Crippen LogP contribution < -0.4 is 5.32 Å². The van der Waals surface area contributed by atoms with Gasteiger partial charge in [-0.3, -0.25) is 4.79 Å². The molecule has 0 fully saturated rings. The van der Waals surface area contributed by atoms with Gasteiger partial charge in [-0.15, -0.1) is 11.3 Å². The largest absolute Gasteiger partial charge is 0.448 e. The van der Waals surface area contributed by atoms with Crippen molar-refractivity contribution in [2.24, 2.45) is 0 Å². The Morgan fingerprint density at radius 3 is 2.55 bits per heavy atom. The summed E-state index contributed by atoms with van der Waals surface area (Å²) in [5.74, 6) is -0.743. The average Bonchev–Trinajstić information content (AvgIpc) is 2.81. The lowest BCUT2D eigenvalue weighted by Crippen LogP contribution is -2.39. The van der Waals surface area contributed by atoms with Crippen LogP contribution in [0.15, 0.2) is 30.3 Å². The predicted molar refractivity (Wildman–Crippen MR) is 80.0 cm³/mol. The van der Waals surface area contributed by atoms with Crippen LogP contribution in [0.3, 0.4) is 0 Å². The zero-order valence-corrected chi connectivity index (χ0v) is 12.5. The molecule has 1 amide bonds. The molecule has 0 saturated carbocycles. The van der Waals surface area contributed by atoms with Crippen LogP contribution in [0.5, 0.6) is 0 Å². The Labute approximate surface area is 121 Å². The van der Waals surface area contributed by atoms with E-state index in [9.17, 15) is 9.59 Å². The van der Waals surface area contributed by atoms with Gasteiger partial charge in [-0.1, -0.05) is 18.2 Å². The molecule has 20 heavy (non-hydrogen) atoms. The van der Waals surface area contributed by atoms with Crippen LogP contribution in [0.4, 0.5) is 0 Å². The molecule has 0 aliphatic heterocycles. The Morgan fingerprint density at radius 2 is 1.90 bits per heavy atom. The number of amides is 1. The lowest BCUT2D eigenvalue weighted by molar-refractivity contribution is -0.129. The van der Waals surface area contributed by atoms with Crippen LogP contribution in [0, 0.1) is 0 Å². The van der Waals surface area contributed by atoms with E-state index in [1.807, 2.05) is 38.1 Å². The number of ether oxygens (including phenoxy) is 1. The third-order valence-corrected chi connectivity index (χ3v) is 3.81. The Balaban J connectivity index is 2.06. The summed E-state index contributed by atoms with van der Waals surface area (Å²) in [5, 5.41) is 3.72. The van der Waals surface area contributed by atoms with Crippen molar-refractivity contribution in [2.45, 2.75) is 32.9 Å². The molecule has 0 bridgehead atoms. The normalized spacial score (nSPS) is 12.4. The van der Waals surface area contributed by atoms with Crippen LogP contribution in [0.1, 0.15) is 30.4 Å². The molecule has 0 radical (unpaired) electrons. The molecule has 0 aliphatic rings. The minimum absolute atomic E-state index is 0.0213. The van der Waals surface area contributed by atoms with E-state index in [0.717, 1.165) is 10.1 Å². The molecule has 0 saturated heterocycles. The van der Waals surface area contributed by atoms with Crippen molar-refractivity contribution in [1.82, 2.24) is 5.32 Å². The van der Waals surface area contributed by atoms with Gasteiger partial charge in [-0.25, -0.2) is 4.79 Å². The molecule has 1 atom stereocenters. The van der Waals surface area contributed by atoms with E-state index in [0.29, 0.717) is 4.88 Å². The quantitative estimate of drug-likeness (QED) is 0.881. The van der Waals surface area contributed by atoms with Crippen LogP contribution in [0.25, 0.3) is 10.1 Å². The van der Waals surface area contributed by atoms with Gasteiger partial charge in [0.15, 0.2) is 6.10 Å². The van der Waals surface area contributed by atoms with Gasteiger partial charge in [0.1, 0.15) is 4.88 Å². The molecular weight excluding hydrogens is 274 g/mol. The fourth-order valence-corrected chi connectivity index (χ4v) is 2.70. The summed E-state index contributed by atoms with van der Waals surface area (Å²) in [6, 6.07) is 9.54. The highest BCUT2D eigenvalue weighted by Crippen LogP contribution is 2.26. The highest BCUT2D eigenvalue weighted by atomic mass is 32.1. The standard InChI is InChI=1S/C15H17NO3S/c1-9(2)16-14(17)10(3)19-15(18)13-8-11-6-4-5-7-12(11)20-13/h4-10H,1-3H3,(H,16,17)/t10-/m0/s1. The van der Waals surface area contributed by atoms with Crippen LogP contribution in [-0.4, -0.2) is 24.0 Å². The van der Waals surface area contributed by atoms with Crippen molar-refractivity contribution in [3.05, 3.63) is 35.2 Å². The van der Waals surface area contributed by atoms with E-state index >= 15 is 0 Å². The first kappa shape index (κ1) is 14.5. The molecule has 1 heterocycles. The summed E-state index contributed by atoms with van der Waals surface area (Å²) >= 11 is 1.37. The molecule has 0 spiro atoms. The zero-order valence-electron chi connectivity index (χ0n) is 11.7. The van der Waals surface area contributed by atoms with Crippen molar-refractivity contribution in [1.29, 1.82) is 0 Å². The fraction of sp³-hybridized carbons (Fsp3) is 0.333. The Hall–Kier alpha value is -1.88. The van der Waals surface area contributed by atoms with Crippen molar-refractivity contribution < 1.29 is 14.3 Å². The van der Waals surface area contributed by atoms with Crippen molar-refractivity contribution in [3.63, 3.8) is 0 Å². The highest BCUT2D eigenvalue weighted by Gasteiger charge is 2.20. The maximum Gasteiger partial charge on any atom is 0.349 e. The Morgan fingerprint density at radius 1 is 1.20 bits per heavy atom. The number of hydrogen-bond acceptors (Lipinski definition) is 4. The number of carbonyl (C=O) groups is 2. The first-order valence-electron chi connectivity index (χ1n) is 6.47. The van der Waals surface area contributed by atoms with Gasteiger partial charge in [0.05, 0.1) is 0 Å². The number of thiophene rings is 1. The molecule has 0 unspecified atom stereocenters. The summed E-state index contributed by atoms with van der Waals surface area (Å²) in [6.07, 6.45) is -0.796. The summed E-state index contributed by atoms with van der Waals surface area (Å²) in [6.45, 7) is 5.29. The molecule has 0 aliphatic carbocycles. The van der Waals surface area contributed by atoms with Gasteiger partial charge in [0.25, 0.3) is 5.91 Å². The minimum atomic E-state index is -0.796. The number of fused-ring (bicyclic) bond motifs is 1. The lowest BCUT2D eigenvalue weighted by atomic mass is 10.2. The summed E-state index contributed by atoms with van der Waals surface area (Å²) < 4.78 is 6.21. The maximum absolute atomic E-state index is 12.0. The number of carbonyl (C=O) groups excluding carboxylic acids is 2. The van der Waals surface area contributed by atoms with E-state index in [1.54, 1.807) is 13.0 Å². The number of nitrogens with one attached hydrogen (secondary N) is 1. The van der Waals surface area contributed by atoms with E-state index in [2.05, 4.69) is 5.32 Å². The molecular formula is C15H17NO3S. The number of benzene rings is 1. The molecule has 5 heteroatoms. The van der Waals surface area contributed by atoms with Gasteiger partial charge >= 0.3 is 5.97 Å². The van der Waals surface area contributed by atoms with E-state index in [-0.39, 0.29) is 11.9 Å². The van der Waals surface area contributed by atoms with Gasteiger partial charge in [0, 0.05) is 10.7 Å². The van der Waals surface area contributed by atoms with Crippen LogP contribution in [-0.2, 0) is 9.53 Å². The summed E-state index contributed by atoms with van der Waals surface area (Å²) in [4.78, 5) is 24.2. The highest BCUT2D eigenvalue weighted by molar-refractivity contribution is 7.20. The summed E-state index contributed by atoms with van der Waals surface area (Å²) in [7, 11) is 0. The van der Waals surface area contributed by atoms with Gasteiger partial charge < -0.3 is 10.1 Å². The number of esters is 1. The average molecular weight is 291 g/mol. The molecule has 1 aromatic carbocycles. The summed E-state index contributed by atoms with van der Waals surface area (Å²) in [5.41, 5.74) is 0. The third-order valence-electron chi connectivity index (χ3n) is 2.71. The zero-order chi connectivity index (χ0) is 14.7. The second-order valence-corrected chi connectivity index (χ2v) is 5.94. The third kappa shape index (κ3) is 3.36.